The van der Waals surface area contributed by atoms with Gasteiger partial charge in [-0.05, 0) is 61.8 Å². The Hall–Kier alpha value is -0.570. The monoisotopic (exact) mass is 239 g/mol. The van der Waals surface area contributed by atoms with Crippen LogP contribution < -0.4 is 5.73 Å². The van der Waals surface area contributed by atoms with Crippen molar-refractivity contribution in [2.45, 2.75) is 45.4 Å². The third-order valence-electron chi connectivity index (χ3n) is 5.80. The lowest BCUT2D eigenvalue weighted by molar-refractivity contribution is -0.142. The van der Waals surface area contributed by atoms with Crippen molar-refractivity contribution in [3.63, 3.8) is 0 Å². The highest BCUT2D eigenvalue weighted by molar-refractivity contribution is 5.67. The summed E-state index contributed by atoms with van der Waals surface area (Å²) in [4.78, 5) is 10.8. The van der Waals surface area contributed by atoms with Gasteiger partial charge in [0, 0.05) is 6.42 Å². The van der Waals surface area contributed by atoms with Crippen LogP contribution in [-0.2, 0) is 4.79 Å². The van der Waals surface area contributed by atoms with Gasteiger partial charge < -0.3 is 10.8 Å². The van der Waals surface area contributed by atoms with Crippen LogP contribution >= 0.6 is 0 Å². The number of nitrogens with two attached hydrogens (primary N) is 1. The minimum atomic E-state index is -0.584. The molecule has 0 spiro atoms. The van der Waals surface area contributed by atoms with Crippen LogP contribution in [0, 0.1) is 29.1 Å². The van der Waals surface area contributed by atoms with Crippen LogP contribution in [0.1, 0.15) is 45.4 Å². The van der Waals surface area contributed by atoms with E-state index in [0.29, 0.717) is 17.8 Å². The number of hydrogen-bond acceptors (Lipinski definition) is 2. The van der Waals surface area contributed by atoms with Crippen LogP contribution in [0.3, 0.4) is 0 Å². The summed E-state index contributed by atoms with van der Waals surface area (Å²) in [6.07, 6.45) is 7.15. The molecule has 3 fully saturated rings. The fraction of sp³-hybridized carbons (Fsp3) is 0.929. The number of rotatable bonds is 3. The average molecular weight is 239 g/mol. The van der Waals surface area contributed by atoms with Crippen LogP contribution in [0.4, 0.5) is 0 Å². The number of hydrogen-bond donors (Lipinski definition) is 2. The molecule has 0 aromatic carbocycles. The van der Waals surface area contributed by atoms with Crippen LogP contribution in [0.15, 0.2) is 0 Å². The van der Waals surface area contributed by atoms with Gasteiger partial charge in [-0.2, -0.15) is 0 Å². The smallest absolute Gasteiger partial charge is 0.303 e. The maximum Gasteiger partial charge on any atom is 0.303 e. The number of aliphatic carboxylic acids is 1. The SMILES string of the molecule is CCC12CC[C@@H]3C(CC(=O)O)[C@H](CC1)C32.CN. The van der Waals surface area contributed by atoms with Crippen molar-refractivity contribution in [3.05, 3.63) is 0 Å². The van der Waals surface area contributed by atoms with Gasteiger partial charge in [0.1, 0.15) is 0 Å². The Labute approximate surface area is 104 Å². The summed E-state index contributed by atoms with van der Waals surface area (Å²) in [5, 5.41) is 8.92. The van der Waals surface area contributed by atoms with E-state index < -0.39 is 5.97 Å². The average Bonchev–Trinajstić information content (AvgIpc) is 2.79. The Kier molecular flexibility index (Phi) is 3.48. The van der Waals surface area contributed by atoms with Crippen molar-refractivity contribution in [3.8, 4) is 0 Å². The molecule has 0 radical (unpaired) electrons. The second-order valence-electron chi connectivity index (χ2n) is 5.91. The second kappa shape index (κ2) is 4.60. The molecule has 3 N–H and O–H groups in total. The first kappa shape index (κ1) is 12.9. The quantitative estimate of drug-likeness (QED) is 0.795. The van der Waals surface area contributed by atoms with Crippen LogP contribution in [-0.4, -0.2) is 18.1 Å². The zero-order valence-electron chi connectivity index (χ0n) is 11.0. The summed E-state index contributed by atoms with van der Waals surface area (Å²) in [6, 6.07) is 0. The molecule has 3 nitrogen and oxygen atoms in total. The molecule has 17 heavy (non-hydrogen) atoms. The second-order valence-corrected chi connectivity index (χ2v) is 5.91. The van der Waals surface area contributed by atoms with Crippen molar-refractivity contribution in [1.29, 1.82) is 0 Å². The van der Waals surface area contributed by atoms with Crippen molar-refractivity contribution in [1.82, 2.24) is 0 Å². The summed E-state index contributed by atoms with van der Waals surface area (Å²) in [6.45, 7) is 2.33. The highest BCUT2D eigenvalue weighted by Crippen LogP contribution is 2.72. The topological polar surface area (TPSA) is 63.3 Å². The van der Waals surface area contributed by atoms with E-state index in [2.05, 4.69) is 12.7 Å². The Bertz CT molecular complexity index is 287. The van der Waals surface area contributed by atoms with Crippen molar-refractivity contribution < 1.29 is 9.90 Å². The third kappa shape index (κ3) is 1.70. The fourth-order valence-corrected chi connectivity index (χ4v) is 5.18. The van der Waals surface area contributed by atoms with Crippen LogP contribution in [0.5, 0.6) is 0 Å². The lowest BCUT2D eigenvalue weighted by Crippen LogP contribution is -2.45. The molecule has 3 unspecified atom stereocenters. The number of carbonyl (C=O) groups is 1. The van der Waals surface area contributed by atoms with Crippen LogP contribution in [0.2, 0.25) is 0 Å². The van der Waals surface area contributed by atoms with E-state index in [0.717, 1.165) is 17.8 Å². The van der Waals surface area contributed by atoms with Crippen LogP contribution in [0.25, 0.3) is 0 Å². The lowest BCUT2D eigenvalue weighted by atomic mass is 9.55. The largest absolute Gasteiger partial charge is 0.481 e. The molecule has 3 aliphatic rings. The normalized spacial score (nSPS) is 45.6. The molecular weight excluding hydrogens is 214 g/mol. The highest BCUT2D eigenvalue weighted by atomic mass is 16.4. The zero-order valence-corrected chi connectivity index (χ0v) is 11.0. The Balaban J connectivity index is 0.000000514. The van der Waals surface area contributed by atoms with Crippen molar-refractivity contribution in [2.75, 3.05) is 7.05 Å². The van der Waals surface area contributed by atoms with E-state index in [4.69, 9.17) is 5.11 Å². The maximum absolute atomic E-state index is 10.8. The van der Waals surface area contributed by atoms with Gasteiger partial charge >= 0.3 is 5.97 Å². The standard InChI is InChI=1S/C13H20O2.CH5N/c1-2-13-5-3-8-10(7-11(14)15)9(4-6-13)12(8)13;1-2/h8-10,12H,2-7H2,1H3,(H,14,15);2H2,1H3/t8-,9+,10?,12?,13?;. The van der Waals surface area contributed by atoms with E-state index in [-0.39, 0.29) is 0 Å². The number of carboxylic acids is 1. The van der Waals surface area contributed by atoms with E-state index in [1.54, 1.807) is 0 Å². The fourth-order valence-electron chi connectivity index (χ4n) is 5.18. The summed E-state index contributed by atoms with van der Waals surface area (Å²) >= 11 is 0. The van der Waals surface area contributed by atoms with E-state index in [9.17, 15) is 4.79 Å². The van der Waals surface area contributed by atoms with E-state index in [1.165, 1.54) is 39.2 Å². The molecule has 0 bridgehead atoms. The van der Waals surface area contributed by atoms with Gasteiger partial charge in [-0.1, -0.05) is 13.3 Å². The minimum Gasteiger partial charge on any atom is -0.481 e. The lowest BCUT2D eigenvalue weighted by Gasteiger charge is -2.49. The van der Waals surface area contributed by atoms with Gasteiger partial charge in [0.2, 0.25) is 0 Å². The molecule has 0 aromatic rings. The molecular formula is C14H25NO2. The van der Waals surface area contributed by atoms with Crippen molar-refractivity contribution >= 4 is 5.97 Å². The predicted molar refractivity (Wildman–Crippen MR) is 67.5 cm³/mol. The Morgan fingerprint density at radius 2 is 1.82 bits per heavy atom. The van der Waals surface area contributed by atoms with Gasteiger partial charge in [-0.3, -0.25) is 4.79 Å². The molecule has 3 saturated carbocycles. The van der Waals surface area contributed by atoms with Gasteiger partial charge in [-0.25, -0.2) is 0 Å². The van der Waals surface area contributed by atoms with Crippen molar-refractivity contribution in [2.24, 2.45) is 34.8 Å². The Morgan fingerprint density at radius 3 is 2.24 bits per heavy atom. The molecule has 5 atom stereocenters. The van der Waals surface area contributed by atoms with E-state index >= 15 is 0 Å². The van der Waals surface area contributed by atoms with E-state index in [1.807, 2.05) is 0 Å². The molecule has 3 rings (SSSR count). The summed E-state index contributed by atoms with van der Waals surface area (Å²) in [5.41, 5.74) is 5.14. The first-order valence-electron chi connectivity index (χ1n) is 6.97. The third-order valence-corrected chi connectivity index (χ3v) is 5.80. The zero-order chi connectivity index (χ0) is 12.6. The predicted octanol–water partition coefficient (Wildman–Crippen LogP) is 2.50. The maximum atomic E-state index is 10.8. The molecule has 0 aliphatic heterocycles. The first-order chi connectivity index (χ1) is 8.18. The van der Waals surface area contributed by atoms with Gasteiger partial charge in [0.15, 0.2) is 0 Å². The van der Waals surface area contributed by atoms with Gasteiger partial charge in [-0.15, -0.1) is 0 Å². The summed E-state index contributed by atoms with van der Waals surface area (Å²) in [5.74, 6) is 2.40. The molecule has 0 aromatic heterocycles. The molecule has 3 heteroatoms. The molecule has 0 saturated heterocycles. The first-order valence-corrected chi connectivity index (χ1v) is 6.97. The Morgan fingerprint density at radius 1 is 1.29 bits per heavy atom. The highest BCUT2D eigenvalue weighted by Gasteiger charge is 2.65. The molecule has 98 valence electrons. The number of carboxylic acid groups (broad SMARTS) is 1. The minimum absolute atomic E-state index is 0.436. The molecule has 0 amide bonds. The summed E-state index contributed by atoms with van der Waals surface area (Å²) in [7, 11) is 1.50. The van der Waals surface area contributed by atoms with Gasteiger partial charge in [0.05, 0.1) is 0 Å². The van der Waals surface area contributed by atoms with Gasteiger partial charge in [0.25, 0.3) is 0 Å². The molecule has 0 heterocycles. The molecule has 3 aliphatic carbocycles. The summed E-state index contributed by atoms with van der Waals surface area (Å²) < 4.78 is 0.